The van der Waals surface area contributed by atoms with Crippen molar-refractivity contribution in [2.24, 2.45) is 5.73 Å². The molecule has 1 amide bonds. The summed E-state index contributed by atoms with van der Waals surface area (Å²) in [4.78, 5) is 12.2. The lowest BCUT2D eigenvalue weighted by molar-refractivity contribution is 0.0920. The molecule has 1 heterocycles. The van der Waals surface area contributed by atoms with Crippen molar-refractivity contribution in [1.82, 2.24) is 16.3 Å². The van der Waals surface area contributed by atoms with Crippen molar-refractivity contribution in [3.05, 3.63) is 29.3 Å². The van der Waals surface area contributed by atoms with Gasteiger partial charge in [-0.2, -0.15) is 0 Å². The van der Waals surface area contributed by atoms with E-state index >= 15 is 0 Å². The van der Waals surface area contributed by atoms with Crippen LogP contribution in [0.4, 0.5) is 5.69 Å². The molecule has 1 aliphatic carbocycles. The van der Waals surface area contributed by atoms with Crippen LogP contribution in [-0.2, 0) is 0 Å². The summed E-state index contributed by atoms with van der Waals surface area (Å²) < 4.78 is 0. The molecule has 0 bridgehead atoms. The van der Waals surface area contributed by atoms with Crippen LogP contribution < -0.4 is 27.4 Å². The lowest BCUT2D eigenvalue weighted by Crippen LogP contribution is -2.49. The fourth-order valence-electron chi connectivity index (χ4n) is 2.79. The highest BCUT2D eigenvalue weighted by Crippen LogP contribution is 2.26. The van der Waals surface area contributed by atoms with E-state index in [-0.39, 0.29) is 23.5 Å². The maximum Gasteiger partial charge on any atom is 0.265 e. The zero-order valence-electron chi connectivity index (χ0n) is 11.7. The van der Waals surface area contributed by atoms with Crippen LogP contribution in [0.25, 0.3) is 0 Å². The van der Waals surface area contributed by atoms with Gasteiger partial charge in [-0.05, 0) is 31.0 Å². The van der Waals surface area contributed by atoms with E-state index < -0.39 is 0 Å². The third-order valence-electron chi connectivity index (χ3n) is 4.06. The lowest BCUT2D eigenvalue weighted by atomic mass is 9.95. The summed E-state index contributed by atoms with van der Waals surface area (Å²) in [6.45, 7) is 0. The summed E-state index contributed by atoms with van der Waals surface area (Å²) in [5.41, 5.74) is 19.9. The van der Waals surface area contributed by atoms with Crippen LogP contribution in [0.5, 0.6) is 0 Å². The number of anilines is 1. The number of alkyl halides is 1. The molecule has 0 spiro atoms. The second-order valence-electron chi connectivity index (χ2n) is 5.55. The number of hydrogen-bond acceptors (Lipinski definition) is 5. The molecule has 7 heteroatoms. The average molecular weight is 310 g/mol. The first-order valence-electron chi connectivity index (χ1n) is 7.26. The SMILES string of the molecule is NC1NNc2ccc(C(=O)NN[C@@H]3CCCCC3Cl)cc21. The van der Waals surface area contributed by atoms with Crippen molar-refractivity contribution >= 4 is 23.2 Å². The van der Waals surface area contributed by atoms with Crippen LogP contribution in [0.1, 0.15) is 47.8 Å². The Kier molecular flexibility index (Phi) is 4.30. The molecular weight excluding hydrogens is 290 g/mol. The maximum atomic E-state index is 12.2. The van der Waals surface area contributed by atoms with Crippen LogP contribution in [0.15, 0.2) is 18.2 Å². The van der Waals surface area contributed by atoms with Crippen molar-refractivity contribution in [3.63, 3.8) is 0 Å². The van der Waals surface area contributed by atoms with Crippen molar-refractivity contribution < 1.29 is 4.79 Å². The monoisotopic (exact) mass is 309 g/mol. The summed E-state index contributed by atoms with van der Waals surface area (Å²) in [6.07, 6.45) is 3.97. The van der Waals surface area contributed by atoms with Gasteiger partial charge in [-0.15, -0.1) is 11.6 Å². The predicted molar refractivity (Wildman–Crippen MR) is 82.6 cm³/mol. The van der Waals surface area contributed by atoms with Crippen molar-refractivity contribution in [1.29, 1.82) is 0 Å². The zero-order valence-corrected chi connectivity index (χ0v) is 12.4. The number of nitrogens with two attached hydrogens (primary N) is 1. The van der Waals surface area contributed by atoms with E-state index in [2.05, 4.69) is 21.7 Å². The van der Waals surface area contributed by atoms with Crippen LogP contribution in [0.2, 0.25) is 0 Å². The van der Waals surface area contributed by atoms with Crippen molar-refractivity contribution in [2.75, 3.05) is 5.43 Å². The molecule has 6 N–H and O–H groups in total. The Morgan fingerprint density at radius 1 is 1.33 bits per heavy atom. The molecule has 2 aliphatic rings. The van der Waals surface area contributed by atoms with Gasteiger partial charge in [-0.3, -0.25) is 10.2 Å². The van der Waals surface area contributed by atoms with E-state index in [1.54, 1.807) is 12.1 Å². The molecule has 21 heavy (non-hydrogen) atoms. The van der Waals surface area contributed by atoms with Gasteiger partial charge in [0.2, 0.25) is 0 Å². The number of carbonyl (C=O) groups is 1. The molecule has 1 aliphatic heterocycles. The van der Waals surface area contributed by atoms with Gasteiger partial charge < -0.3 is 11.2 Å². The van der Waals surface area contributed by atoms with E-state index in [4.69, 9.17) is 17.3 Å². The highest BCUT2D eigenvalue weighted by molar-refractivity contribution is 6.21. The van der Waals surface area contributed by atoms with Gasteiger partial charge in [-0.25, -0.2) is 10.9 Å². The van der Waals surface area contributed by atoms with Crippen molar-refractivity contribution in [3.8, 4) is 0 Å². The second kappa shape index (κ2) is 6.19. The predicted octanol–water partition coefficient (Wildman–Crippen LogP) is 1.36. The van der Waals surface area contributed by atoms with Gasteiger partial charge in [0.25, 0.3) is 5.91 Å². The molecular formula is C14H20ClN5O. The minimum Gasteiger partial charge on any atom is -0.319 e. The molecule has 6 nitrogen and oxygen atoms in total. The van der Waals surface area contributed by atoms with E-state index in [0.717, 1.165) is 36.9 Å². The first kappa shape index (κ1) is 14.6. The molecule has 1 aromatic rings. The minimum atomic E-state index is -0.300. The first-order valence-corrected chi connectivity index (χ1v) is 7.70. The third kappa shape index (κ3) is 3.13. The first-order chi connectivity index (χ1) is 10.1. The number of benzene rings is 1. The Labute approximate surface area is 128 Å². The fourth-order valence-corrected chi connectivity index (χ4v) is 3.13. The third-order valence-corrected chi connectivity index (χ3v) is 4.59. The number of rotatable bonds is 3. The molecule has 1 fully saturated rings. The molecule has 0 radical (unpaired) electrons. The number of halogens is 1. The molecule has 0 aromatic heterocycles. The smallest absolute Gasteiger partial charge is 0.265 e. The van der Waals surface area contributed by atoms with Gasteiger partial charge in [-0.1, -0.05) is 12.8 Å². The Hall–Kier alpha value is -1.34. The summed E-state index contributed by atoms with van der Waals surface area (Å²) in [7, 11) is 0. The van der Waals surface area contributed by atoms with E-state index in [9.17, 15) is 4.79 Å². The quantitative estimate of drug-likeness (QED) is 0.429. The highest BCUT2D eigenvalue weighted by Gasteiger charge is 2.24. The summed E-state index contributed by atoms with van der Waals surface area (Å²) in [5.74, 6) is -0.175. The maximum absolute atomic E-state index is 12.2. The fraction of sp³-hybridized carbons (Fsp3) is 0.500. The standard InChI is InChI=1S/C14H20ClN5O/c15-10-3-1-2-4-12(10)18-20-14(21)8-5-6-11-9(7-8)13(16)19-17-11/h5-7,10,12-13,17-19H,1-4,16H2,(H,20,21)/t10?,12-,13?/m1/s1. The number of hydrogen-bond donors (Lipinski definition) is 5. The Morgan fingerprint density at radius 2 is 2.14 bits per heavy atom. The topological polar surface area (TPSA) is 91.2 Å². The molecule has 2 unspecified atom stereocenters. The Bertz CT molecular complexity index is 538. The molecule has 3 rings (SSSR count). The summed E-state index contributed by atoms with van der Waals surface area (Å²) in [6, 6.07) is 5.53. The van der Waals surface area contributed by atoms with Gasteiger partial charge in [0.05, 0.1) is 11.1 Å². The van der Waals surface area contributed by atoms with Gasteiger partial charge in [0.1, 0.15) is 6.17 Å². The molecule has 1 aromatic carbocycles. The van der Waals surface area contributed by atoms with E-state index in [1.165, 1.54) is 0 Å². The number of amides is 1. The van der Waals surface area contributed by atoms with Gasteiger partial charge in [0, 0.05) is 17.2 Å². The van der Waals surface area contributed by atoms with Crippen LogP contribution in [0, 0.1) is 0 Å². The number of nitrogens with one attached hydrogen (secondary N) is 4. The highest BCUT2D eigenvalue weighted by atomic mass is 35.5. The lowest BCUT2D eigenvalue weighted by Gasteiger charge is -2.27. The Balaban J connectivity index is 1.62. The molecule has 0 saturated heterocycles. The normalized spacial score (nSPS) is 27.8. The molecule has 114 valence electrons. The van der Waals surface area contributed by atoms with Crippen LogP contribution >= 0.6 is 11.6 Å². The van der Waals surface area contributed by atoms with Crippen LogP contribution in [-0.4, -0.2) is 17.3 Å². The van der Waals surface area contributed by atoms with Crippen molar-refractivity contribution in [2.45, 2.75) is 43.3 Å². The van der Waals surface area contributed by atoms with E-state index in [1.807, 2.05) is 6.07 Å². The molecule has 3 atom stereocenters. The zero-order chi connectivity index (χ0) is 14.8. The number of carbonyl (C=O) groups excluding carboxylic acids is 1. The summed E-state index contributed by atoms with van der Waals surface area (Å²) in [5, 5.41) is 0.0703. The van der Waals surface area contributed by atoms with Crippen LogP contribution in [0.3, 0.4) is 0 Å². The number of hydrazine groups is 2. The second-order valence-corrected chi connectivity index (χ2v) is 6.12. The summed E-state index contributed by atoms with van der Waals surface area (Å²) >= 11 is 6.26. The van der Waals surface area contributed by atoms with Gasteiger partial charge >= 0.3 is 0 Å². The van der Waals surface area contributed by atoms with Gasteiger partial charge in [0.15, 0.2) is 0 Å². The number of fused-ring (bicyclic) bond motifs is 1. The van der Waals surface area contributed by atoms with E-state index in [0.29, 0.717) is 5.56 Å². The molecule has 1 saturated carbocycles. The minimum absolute atomic E-state index is 0.0703. The largest absolute Gasteiger partial charge is 0.319 e. The average Bonchev–Trinajstić information content (AvgIpc) is 2.87. The Morgan fingerprint density at radius 3 is 2.95 bits per heavy atom.